The molecule has 0 bridgehead atoms. The van der Waals surface area contributed by atoms with Crippen molar-refractivity contribution in [2.45, 2.75) is 32.7 Å². The van der Waals surface area contributed by atoms with E-state index in [0.717, 1.165) is 24.9 Å². The van der Waals surface area contributed by atoms with Gasteiger partial charge >= 0.3 is 0 Å². The van der Waals surface area contributed by atoms with Gasteiger partial charge < -0.3 is 28.4 Å². The maximum absolute atomic E-state index is 13.8. The number of carbonyl (C=O) groups excluding carboxylic acids is 1. The Morgan fingerprint density at radius 2 is 1.83 bits per heavy atom. The first kappa shape index (κ1) is 25.6. The van der Waals surface area contributed by atoms with Crippen LogP contribution in [-0.2, 0) is 0 Å². The lowest BCUT2D eigenvalue weighted by Gasteiger charge is -2.26. The highest BCUT2D eigenvalue weighted by molar-refractivity contribution is 5.99. The summed E-state index contributed by atoms with van der Waals surface area (Å²) in [5.74, 6) is 1.56. The molecule has 1 amide bonds. The molecule has 2 aromatic carbocycles. The molecule has 0 fully saturated rings. The molecule has 1 aliphatic heterocycles. The number of hydrogen-bond acceptors (Lipinski definition) is 7. The molecule has 1 aromatic heterocycles. The minimum absolute atomic E-state index is 0.0845. The number of carbonyl (C=O) groups is 1. The molecule has 1 unspecified atom stereocenters. The van der Waals surface area contributed by atoms with Gasteiger partial charge in [0.2, 0.25) is 5.76 Å². The molecular weight excluding hydrogens is 460 g/mol. The summed E-state index contributed by atoms with van der Waals surface area (Å²) in [7, 11) is 5.57. The van der Waals surface area contributed by atoms with Gasteiger partial charge in [-0.2, -0.15) is 0 Å². The van der Waals surface area contributed by atoms with Crippen molar-refractivity contribution in [2.75, 3.05) is 47.5 Å². The van der Waals surface area contributed by atoms with Crippen molar-refractivity contribution in [1.29, 1.82) is 0 Å². The summed E-state index contributed by atoms with van der Waals surface area (Å²) in [4.78, 5) is 31.2. The predicted octanol–water partition coefficient (Wildman–Crippen LogP) is 4.49. The molecule has 4 rings (SSSR count). The van der Waals surface area contributed by atoms with Gasteiger partial charge in [0.25, 0.3) is 5.91 Å². The molecule has 3 aromatic rings. The van der Waals surface area contributed by atoms with E-state index in [9.17, 15) is 9.59 Å². The second kappa shape index (κ2) is 11.0. The average Bonchev–Trinajstić information content (AvgIpc) is 3.14. The van der Waals surface area contributed by atoms with Crippen molar-refractivity contribution in [3.05, 3.63) is 63.5 Å². The van der Waals surface area contributed by atoms with Crippen molar-refractivity contribution in [1.82, 2.24) is 9.80 Å². The molecular formula is C28H34N2O6. The fraction of sp³-hybridized carbons (Fsp3) is 0.429. The summed E-state index contributed by atoms with van der Waals surface area (Å²) in [6.45, 7) is 6.25. The second-order valence-electron chi connectivity index (χ2n) is 9.08. The van der Waals surface area contributed by atoms with Crippen LogP contribution in [0.3, 0.4) is 0 Å². The highest BCUT2D eigenvalue weighted by Gasteiger charge is 2.42. The number of ether oxygens (including phenoxy) is 3. The van der Waals surface area contributed by atoms with Gasteiger partial charge in [-0.05, 0) is 70.2 Å². The summed E-state index contributed by atoms with van der Waals surface area (Å²) < 4.78 is 23.1. The van der Waals surface area contributed by atoms with Crippen LogP contribution in [0.4, 0.5) is 0 Å². The molecule has 0 radical (unpaired) electrons. The average molecular weight is 495 g/mol. The normalized spacial score (nSPS) is 15.0. The topological polar surface area (TPSA) is 81.5 Å². The third-order valence-corrected chi connectivity index (χ3v) is 6.22. The number of benzene rings is 2. The zero-order valence-corrected chi connectivity index (χ0v) is 21.6. The quantitative estimate of drug-likeness (QED) is 0.389. The van der Waals surface area contributed by atoms with E-state index >= 15 is 0 Å². The zero-order valence-electron chi connectivity index (χ0n) is 21.6. The maximum Gasteiger partial charge on any atom is 0.290 e. The number of nitrogens with zero attached hydrogens (tertiary/aromatic N) is 2. The minimum Gasteiger partial charge on any atom is -0.494 e. The Bertz CT molecular complexity index is 1300. The molecule has 192 valence electrons. The molecule has 36 heavy (non-hydrogen) atoms. The third kappa shape index (κ3) is 4.91. The Balaban J connectivity index is 1.84. The number of fused-ring (bicyclic) bond motifs is 2. The fourth-order valence-corrected chi connectivity index (χ4v) is 4.58. The first-order chi connectivity index (χ1) is 17.4. The van der Waals surface area contributed by atoms with Crippen LogP contribution in [0.25, 0.3) is 11.0 Å². The smallest absolute Gasteiger partial charge is 0.290 e. The van der Waals surface area contributed by atoms with Gasteiger partial charge in [0, 0.05) is 12.6 Å². The van der Waals surface area contributed by atoms with Gasteiger partial charge in [-0.1, -0.05) is 13.0 Å². The molecule has 0 N–H and O–H groups in total. The van der Waals surface area contributed by atoms with E-state index in [1.54, 1.807) is 30.2 Å². The van der Waals surface area contributed by atoms with Crippen LogP contribution in [0.2, 0.25) is 0 Å². The molecule has 8 heteroatoms. The van der Waals surface area contributed by atoms with E-state index in [1.165, 1.54) is 0 Å². The number of amides is 1. The number of rotatable bonds is 11. The standard InChI is InChI=1S/C28H34N2O6/c1-6-15-35-21-12-9-18(16-23(21)33-5)25-24-26(31)20-11-10-19(34-7-2)17-22(20)36-27(24)28(32)30(25)14-8-13-29(3)4/h9-12,16-17,25H,6-8,13-15H2,1-5H3. The summed E-state index contributed by atoms with van der Waals surface area (Å²) in [5.41, 5.74) is 1.25. The van der Waals surface area contributed by atoms with E-state index in [1.807, 2.05) is 46.1 Å². The lowest BCUT2D eigenvalue weighted by Crippen LogP contribution is -2.32. The highest BCUT2D eigenvalue weighted by Crippen LogP contribution is 2.41. The second-order valence-corrected chi connectivity index (χ2v) is 9.08. The van der Waals surface area contributed by atoms with Gasteiger partial charge in [0.15, 0.2) is 16.9 Å². The monoisotopic (exact) mass is 494 g/mol. The Morgan fingerprint density at radius 1 is 1.03 bits per heavy atom. The van der Waals surface area contributed by atoms with Gasteiger partial charge in [0.05, 0.1) is 37.3 Å². The fourth-order valence-electron chi connectivity index (χ4n) is 4.58. The molecule has 0 saturated heterocycles. The van der Waals surface area contributed by atoms with Crippen LogP contribution in [0.15, 0.2) is 45.6 Å². The van der Waals surface area contributed by atoms with Gasteiger partial charge in [-0.3, -0.25) is 9.59 Å². The van der Waals surface area contributed by atoms with Crippen LogP contribution in [0.5, 0.6) is 17.2 Å². The van der Waals surface area contributed by atoms with Crippen LogP contribution >= 0.6 is 0 Å². The number of hydrogen-bond donors (Lipinski definition) is 0. The zero-order chi connectivity index (χ0) is 25.8. The van der Waals surface area contributed by atoms with Gasteiger partial charge in [-0.25, -0.2) is 0 Å². The Hall–Kier alpha value is -3.52. The van der Waals surface area contributed by atoms with Gasteiger partial charge in [0.1, 0.15) is 11.3 Å². The van der Waals surface area contributed by atoms with Crippen molar-refractivity contribution < 1.29 is 23.4 Å². The first-order valence-electron chi connectivity index (χ1n) is 12.4. The molecule has 0 spiro atoms. The minimum atomic E-state index is -0.587. The van der Waals surface area contributed by atoms with Crippen LogP contribution < -0.4 is 19.6 Å². The largest absolute Gasteiger partial charge is 0.494 e. The summed E-state index contributed by atoms with van der Waals surface area (Å²) in [6, 6.07) is 10.1. The number of methoxy groups -OCH3 is 1. The summed E-state index contributed by atoms with van der Waals surface area (Å²) >= 11 is 0. The SMILES string of the molecule is CCCOc1ccc(C2c3c(oc4cc(OCC)ccc4c3=O)C(=O)N2CCCN(C)C)cc1OC. The summed E-state index contributed by atoms with van der Waals surface area (Å²) in [5, 5.41) is 0.417. The maximum atomic E-state index is 13.8. The summed E-state index contributed by atoms with van der Waals surface area (Å²) in [6.07, 6.45) is 1.62. The molecule has 8 nitrogen and oxygen atoms in total. The van der Waals surface area contributed by atoms with E-state index in [-0.39, 0.29) is 17.1 Å². The van der Waals surface area contributed by atoms with Crippen molar-refractivity contribution in [2.24, 2.45) is 0 Å². The Labute approximate surface area is 211 Å². The molecule has 0 saturated carbocycles. The van der Waals surface area contributed by atoms with Crippen molar-refractivity contribution in [3.8, 4) is 17.2 Å². The highest BCUT2D eigenvalue weighted by atomic mass is 16.5. The van der Waals surface area contributed by atoms with E-state index in [2.05, 4.69) is 4.90 Å². The van der Waals surface area contributed by atoms with Crippen molar-refractivity contribution in [3.63, 3.8) is 0 Å². The Morgan fingerprint density at radius 3 is 2.53 bits per heavy atom. The predicted molar refractivity (Wildman–Crippen MR) is 138 cm³/mol. The third-order valence-electron chi connectivity index (χ3n) is 6.22. The van der Waals surface area contributed by atoms with Crippen LogP contribution in [0.1, 0.15) is 54.4 Å². The lowest BCUT2D eigenvalue weighted by molar-refractivity contribution is 0.0722. The van der Waals surface area contributed by atoms with E-state index in [4.69, 9.17) is 18.6 Å². The lowest BCUT2D eigenvalue weighted by atomic mass is 9.98. The van der Waals surface area contributed by atoms with Gasteiger partial charge in [-0.15, -0.1) is 0 Å². The van der Waals surface area contributed by atoms with Crippen molar-refractivity contribution >= 4 is 16.9 Å². The Kier molecular flexibility index (Phi) is 7.84. The van der Waals surface area contributed by atoms with Crippen LogP contribution in [-0.4, -0.2) is 63.2 Å². The van der Waals surface area contributed by atoms with Crippen LogP contribution in [0, 0.1) is 0 Å². The molecule has 1 atom stereocenters. The van der Waals surface area contributed by atoms with E-state index in [0.29, 0.717) is 53.5 Å². The molecule has 0 aliphatic carbocycles. The molecule has 2 heterocycles. The molecule has 1 aliphatic rings. The first-order valence-corrected chi connectivity index (χ1v) is 12.4. The van der Waals surface area contributed by atoms with E-state index < -0.39 is 6.04 Å².